The summed E-state index contributed by atoms with van der Waals surface area (Å²) < 4.78 is 5.11. The van der Waals surface area contributed by atoms with Gasteiger partial charge in [-0.3, -0.25) is 4.90 Å². The van der Waals surface area contributed by atoms with Crippen molar-refractivity contribution in [2.75, 3.05) is 31.1 Å². The molecule has 0 aliphatic carbocycles. The molecular weight excluding hydrogens is 286 g/mol. The van der Waals surface area contributed by atoms with Gasteiger partial charge in [0.25, 0.3) is 0 Å². The number of para-hydroxylation sites is 1. The van der Waals surface area contributed by atoms with E-state index in [0.29, 0.717) is 0 Å². The average Bonchev–Trinajstić information content (AvgIpc) is 3.05. The number of hydrogen-bond acceptors (Lipinski definition) is 4. The first-order chi connectivity index (χ1) is 11.3. The molecule has 0 saturated carbocycles. The van der Waals surface area contributed by atoms with Crippen LogP contribution in [0.4, 0.5) is 5.69 Å². The Labute approximate surface area is 141 Å². The number of aromatic nitrogens is 1. The van der Waals surface area contributed by atoms with Crippen molar-refractivity contribution in [3.63, 3.8) is 0 Å². The number of piperazine rings is 1. The molecule has 1 aliphatic rings. The predicted octanol–water partition coefficient (Wildman–Crippen LogP) is 4.36. The predicted molar refractivity (Wildman–Crippen MR) is 97.9 cm³/mol. The van der Waals surface area contributed by atoms with E-state index in [1.54, 1.807) is 0 Å². The van der Waals surface area contributed by atoms with E-state index in [2.05, 4.69) is 45.3 Å². The maximum absolute atomic E-state index is 5.11. The second-order valence-electron chi connectivity index (χ2n) is 5.03. The molecule has 2 heterocycles. The number of benzene rings is 1. The van der Waals surface area contributed by atoms with Gasteiger partial charge in [0.15, 0.2) is 0 Å². The molecule has 23 heavy (non-hydrogen) atoms. The van der Waals surface area contributed by atoms with Crippen LogP contribution in [0.2, 0.25) is 0 Å². The molecule has 1 aromatic heterocycles. The molecule has 1 aromatic carbocycles. The van der Waals surface area contributed by atoms with E-state index in [0.717, 1.165) is 44.2 Å². The largest absolute Gasteiger partial charge is 0.369 e. The second kappa shape index (κ2) is 10.8. The van der Waals surface area contributed by atoms with Gasteiger partial charge in [-0.1, -0.05) is 51.1 Å². The Morgan fingerprint density at radius 3 is 2.09 bits per heavy atom. The Balaban J connectivity index is 0.000000615. The minimum Gasteiger partial charge on any atom is -0.369 e. The lowest BCUT2D eigenvalue weighted by Gasteiger charge is -2.35. The van der Waals surface area contributed by atoms with Crippen LogP contribution >= 0.6 is 0 Å². The standard InChI is InChI=1S/C15H19N3O.2C2H6/c1-13-11-14(16-19-13)12-17-7-9-18(10-8-17)15-5-3-2-4-6-15;2*1-2/h2-6,11H,7-10,12H2,1H3;2*1-2H3. The molecule has 4 nitrogen and oxygen atoms in total. The van der Waals surface area contributed by atoms with Gasteiger partial charge < -0.3 is 9.42 Å². The quantitative estimate of drug-likeness (QED) is 0.842. The summed E-state index contributed by atoms with van der Waals surface area (Å²) in [4.78, 5) is 4.86. The Bertz CT molecular complexity index is 516. The zero-order chi connectivity index (χ0) is 17.1. The van der Waals surface area contributed by atoms with E-state index in [1.165, 1.54) is 5.69 Å². The van der Waals surface area contributed by atoms with Gasteiger partial charge in [-0.2, -0.15) is 0 Å². The molecule has 0 radical (unpaired) electrons. The van der Waals surface area contributed by atoms with Gasteiger partial charge in [-0.05, 0) is 19.1 Å². The second-order valence-corrected chi connectivity index (χ2v) is 5.03. The van der Waals surface area contributed by atoms with Crippen LogP contribution in [-0.4, -0.2) is 36.2 Å². The molecule has 3 rings (SSSR count). The topological polar surface area (TPSA) is 32.5 Å². The van der Waals surface area contributed by atoms with Gasteiger partial charge in [0.05, 0.1) is 5.69 Å². The first kappa shape index (κ1) is 19.2. The maximum atomic E-state index is 5.11. The Hall–Kier alpha value is -1.81. The van der Waals surface area contributed by atoms with E-state index in [9.17, 15) is 0 Å². The molecule has 1 saturated heterocycles. The van der Waals surface area contributed by atoms with Crippen molar-refractivity contribution in [3.8, 4) is 0 Å². The first-order valence-corrected chi connectivity index (χ1v) is 8.76. The van der Waals surface area contributed by atoms with Crippen molar-refractivity contribution >= 4 is 5.69 Å². The Morgan fingerprint density at radius 2 is 1.57 bits per heavy atom. The van der Waals surface area contributed by atoms with Crippen LogP contribution in [0.15, 0.2) is 40.9 Å². The van der Waals surface area contributed by atoms with Crippen molar-refractivity contribution in [1.82, 2.24) is 10.1 Å². The van der Waals surface area contributed by atoms with Gasteiger partial charge in [-0.25, -0.2) is 0 Å². The molecule has 0 bridgehead atoms. The number of aryl methyl sites for hydroxylation is 1. The molecule has 1 fully saturated rings. The monoisotopic (exact) mass is 317 g/mol. The molecule has 0 unspecified atom stereocenters. The van der Waals surface area contributed by atoms with Crippen LogP contribution in [-0.2, 0) is 6.54 Å². The van der Waals surface area contributed by atoms with E-state index >= 15 is 0 Å². The fourth-order valence-electron chi connectivity index (χ4n) is 2.52. The first-order valence-electron chi connectivity index (χ1n) is 8.76. The number of nitrogens with zero attached hydrogens (tertiary/aromatic N) is 3. The van der Waals surface area contributed by atoms with Gasteiger partial charge in [-0.15, -0.1) is 0 Å². The third-order valence-corrected chi connectivity index (χ3v) is 3.56. The third kappa shape index (κ3) is 6.06. The molecule has 0 spiro atoms. The van der Waals surface area contributed by atoms with Crippen LogP contribution < -0.4 is 4.90 Å². The molecule has 0 amide bonds. The van der Waals surface area contributed by atoms with Gasteiger partial charge >= 0.3 is 0 Å². The highest BCUT2D eigenvalue weighted by Gasteiger charge is 2.18. The van der Waals surface area contributed by atoms with Crippen molar-refractivity contribution in [3.05, 3.63) is 47.9 Å². The van der Waals surface area contributed by atoms with E-state index in [4.69, 9.17) is 4.52 Å². The molecule has 2 aromatic rings. The van der Waals surface area contributed by atoms with Crippen molar-refractivity contribution in [1.29, 1.82) is 0 Å². The zero-order valence-electron chi connectivity index (χ0n) is 15.2. The summed E-state index contributed by atoms with van der Waals surface area (Å²) in [6, 6.07) is 12.6. The highest BCUT2D eigenvalue weighted by Crippen LogP contribution is 2.16. The Morgan fingerprint density at radius 1 is 0.957 bits per heavy atom. The number of anilines is 1. The third-order valence-electron chi connectivity index (χ3n) is 3.56. The summed E-state index contributed by atoms with van der Waals surface area (Å²) >= 11 is 0. The minimum absolute atomic E-state index is 0.887. The van der Waals surface area contributed by atoms with Gasteiger partial charge in [0, 0.05) is 44.5 Å². The minimum atomic E-state index is 0.887. The zero-order valence-corrected chi connectivity index (χ0v) is 15.2. The molecule has 0 atom stereocenters. The lowest BCUT2D eigenvalue weighted by Crippen LogP contribution is -2.46. The highest BCUT2D eigenvalue weighted by molar-refractivity contribution is 5.46. The van der Waals surface area contributed by atoms with Crippen molar-refractivity contribution < 1.29 is 4.52 Å². The SMILES string of the molecule is CC.CC.Cc1cc(CN2CCN(c3ccccc3)CC2)no1. The fraction of sp³-hybridized carbons (Fsp3) is 0.526. The lowest BCUT2D eigenvalue weighted by molar-refractivity contribution is 0.242. The summed E-state index contributed by atoms with van der Waals surface area (Å²) in [5.74, 6) is 0.887. The van der Waals surface area contributed by atoms with Crippen molar-refractivity contribution in [2.24, 2.45) is 0 Å². The maximum Gasteiger partial charge on any atom is 0.133 e. The molecule has 0 N–H and O–H groups in total. The molecular formula is C19H31N3O. The van der Waals surface area contributed by atoms with Crippen LogP contribution in [0.3, 0.4) is 0 Å². The van der Waals surface area contributed by atoms with E-state index in [1.807, 2.05) is 40.7 Å². The van der Waals surface area contributed by atoms with Crippen LogP contribution in [0.25, 0.3) is 0 Å². The summed E-state index contributed by atoms with van der Waals surface area (Å²) in [5.41, 5.74) is 2.35. The lowest BCUT2D eigenvalue weighted by atomic mass is 10.2. The summed E-state index contributed by atoms with van der Waals surface area (Å²) in [6.07, 6.45) is 0. The number of rotatable bonds is 3. The van der Waals surface area contributed by atoms with E-state index < -0.39 is 0 Å². The molecule has 4 heteroatoms. The van der Waals surface area contributed by atoms with Crippen molar-refractivity contribution in [2.45, 2.75) is 41.2 Å². The molecule has 1 aliphatic heterocycles. The summed E-state index contributed by atoms with van der Waals surface area (Å²) in [7, 11) is 0. The van der Waals surface area contributed by atoms with Crippen LogP contribution in [0, 0.1) is 6.92 Å². The van der Waals surface area contributed by atoms with Gasteiger partial charge in [0.1, 0.15) is 5.76 Å². The highest BCUT2D eigenvalue weighted by atomic mass is 16.5. The van der Waals surface area contributed by atoms with Crippen LogP contribution in [0.5, 0.6) is 0 Å². The normalized spacial score (nSPS) is 14.4. The Kier molecular flexibility index (Phi) is 9.07. The molecule has 128 valence electrons. The number of hydrogen-bond donors (Lipinski definition) is 0. The smallest absolute Gasteiger partial charge is 0.133 e. The van der Waals surface area contributed by atoms with Crippen LogP contribution in [0.1, 0.15) is 39.1 Å². The summed E-state index contributed by atoms with van der Waals surface area (Å²) in [5, 5.41) is 4.06. The average molecular weight is 317 g/mol. The van der Waals surface area contributed by atoms with Gasteiger partial charge in [0.2, 0.25) is 0 Å². The fourth-order valence-corrected chi connectivity index (χ4v) is 2.52. The summed E-state index contributed by atoms with van der Waals surface area (Å²) in [6.45, 7) is 15.1. The van der Waals surface area contributed by atoms with E-state index in [-0.39, 0.29) is 0 Å².